The lowest BCUT2D eigenvalue weighted by Crippen LogP contribution is -2.06. The van der Waals surface area contributed by atoms with Gasteiger partial charge in [-0.15, -0.1) is 0 Å². The monoisotopic (exact) mass is 241 g/mol. The molecule has 0 heterocycles. The van der Waals surface area contributed by atoms with E-state index in [1.807, 2.05) is 0 Å². The Kier molecular flexibility index (Phi) is 3.04. The van der Waals surface area contributed by atoms with Gasteiger partial charge in [-0.25, -0.2) is 4.39 Å². The van der Waals surface area contributed by atoms with Gasteiger partial charge in [0.15, 0.2) is 0 Å². The number of hydrogen-bond donors (Lipinski definition) is 1. The van der Waals surface area contributed by atoms with Crippen LogP contribution in [-0.2, 0) is 4.79 Å². The lowest BCUT2D eigenvalue weighted by atomic mass is 10.2. The molecule has 0 saturated carbocycles. The molecule has 1 aromatic carbocycles. The maximum Gasteiger partial charge on any atom is 0.293 e. The molecule has 0 aromatic heterocycles. The Hall–Kier alpha value is -1.34. The largest absolute Gasteiger partial charge is 0.359 e. The number of benzene rings is 1. The van der Waals surface area contributed by atoms with Gasteiger partial charge in [0.05, 0.1) is 0 Å². The smallest absolute Gasteiger partial charge is 0.293 e. The summed E-state index contributed by atoms with van der Waals surface area (Å²) in [6.07, 6.45) is 0. The number of amides is 1. The first-order valence-electron chi connectivity index (χ1n) is 3.36. The van der Waals surface area contributed by atoms with Crippen molar-refractivity contribution < 1.29 is 9.18 Å². The van der Waals surface area contributed by atoms with Gasteiger partial charge < -0.3 is 5.73 Å². The van der Waals surface area contributed by atoms with Gasteiger partial charge in [0.2, 0.25) is 0 Å². The highest BCUT2D eigenvalue weighted by atomic mass is 79.9. The number of carbonyl (C=O) groups excluding carboxylic acids is 1. The van der Waals surface area contributed by atoms with Crippen LogP contribution in [0.15, 0.2) is 22.7 Å². The van der Waals surface area contributed by atoms with Crippen LogP contribution in [0.1, 0.15) is 5.56 Å². The zero-order chi connectivity index (χ0) is 9.84. The Morgan fingerprint density at radius 3 is 2.85 bits per heavy atom. The molecule has 0 radical (unpaired) electrons. The van der Waals surface area contributed by atoms with Crippen LogP contribution in [0.25, 0.3) is 0 Å². The van der Waals surface area contributed by atoms with E-state index < -0.39 is 11.7 Å². The van der Waals surface area contributed by atoms with Crippen LogP contribution < -0.4 is 5.73 Å². The van der Waals surface area contributed by atoms with E-state index in [0.717, 1.165) is 0 Å². The number of hydrogen-bond acceptors (Lipinski definition) is 1. The average molecular weight is 242 g/mol. The van der Waals surface area contributed by atoms with Crippen LogP contribution in [0.5, 0.6) is 0 Å². The number of primary amides is 1. The molecule has 0 aliphatic rings. The Bertz CT molecular complexity index is 406. The third-order valence-corrected chi connectivity index (χ3v) is 1.94. The molecule has 1 rings (SSSR count). The fourth-order valence-corrected chi connectivity index (χ4v) is 1.07. The van der Waals surface area contributed by atoms with Crippen LogP contribution in [0.3, 0.4) is 0 Å². The molecule has 4 heteroatoms. The summed E-state index contributed by atoms with van der Waals surface area (Å²) in [5.74, 6) is 3.42. The summed E-state index contributed by atoms with van der Waals surface area (Å²) in [6.45, 7) is 0. The molecule has 0 spiro atoms. The minimum absolute atomic E-state index is 0.402. The van der Waals surface area contributed by atoms with Crippen molar-refractivity contribution in [2.45, 2.75) is 0 Å². The van der Waals surface area contributed by atoms with Gasteiger partial charge in [0.25, 0.3) is 5.91 Å². The normalized spacial score (nSPS) is 8.77. The highest BCUT2D eigenvalue weighted by Gasteiger charge is 1.97. The van der Waals surface area contributed by atoms with Crippen LogP contribution in [0.4, 0.5) is 4.39 Å². The molecule has 0 saturated heterocycles. The summed E-state index contributed by atoms with van der Waals surface area (Å²) in [5, 5.41) is 0. The number of carbonyl (C=O) groups is 1. The molecule has 13 heavy (non-hydrogen) atoms. The zero-order valence-electron chi connectivity index (χ0n) is 6.47. The predicted octanol–water partition coefficient (Wildman–Crippen LogP) is 1.43. The first-order chi connectivity index (χ1) is 6.09. The molecular formula is C9H5BrFNO. The van der Waals surface area contributed by atoms with Crippen LogP contribution in [0, 0.1) is 17.7 Å². The van der Waals surface area contributed by atoms with Gasteiger partial charge in [0.1, 0.15) is 5.82 Å². The molecule has 0 fully saturated rings. The minimum atomic E-state index is -0.740. The molecule has 66 valence electrons. The van der Waals surface area contributed by atoms with E-state index in [-0.39, 0.29) is 0 Å². The maximum absolute atomic E-state index is 12.7. The lowest BCUT2D eigenvalue weighted by molar-refractivity contribution is -0.112. The predicted molar refractivity (Wildman–Crippen MR) is 50.2 cm³/mol. The Labute approximate surface area is 83.1 Å². The summed E-state index contributed by atoms with van der Waals surface area (Å²) >= 11 is 3.16. The standard InChI is InChI=1S/C9H5BrFNO/c10-8-3-2-7(11)5-6(8)1-4-9(12)13/h2-3,5H,(H2,12,13). The number of rotatable bonds is 0. The quantitative estimate of drug-likeness (QED) is 0.687. The van der Waals surface area contributed by atoms with Gasteiger partial charge in [-0.1, -0.05) is 5.92 Å². The van der Waals surface area contributed by atoms with Crippen molar-refractivity contribution in [3.8, 4) is 11.8 Å². The number of halogens is 2. The molecule has 0 atom stereocenters. The average Bonchev–Trinajstić information content (AvgIpc) is 2.06. The minimum Gasteiger partial charge on any atom is -0.359 e. The van der Waals surface area contributed by atoms with Gasteiger partial charge >= 0.3 is 0 Å². The second-order valence-electron chi connectivity index (χ2n) is 2.24. The summed E-state index contributed by atoms with van der Waals surface area (Å²) in [4.78, 5) is 10.3. The summed E-state index contributed by atoms with van der Waals surface area (Å²) in [6, 6.07) is 4.03. The fraction of sp³-hybridized carbons (Fsp3) is 0. The lowest BCUT2D eigenvalue weighted by Gasteiger charge is -1.94. The summed E-state index contributed by atoms with van der Waals surface area (Å²) < 4.78 is 13.3. The Morgan fingerprint density at radius 1 is 1.54 bits per heavy atom. The van der Waals surface area contributed by atoms with Crippen molar-refractivity contribution >= 4 is 21.8 Å². The Morgan fingerprint density at radius 2 is 2.23 bits per heavy atom. The summed E-state index contributed by atoms with van der Waals surface area (Å²) in [7, 11) is 0. The highest BCUT2D eigenvalue weighted by molar-refractivity contribution is 9.10. The van der Waals surface area contributed by atoms with Gasteiger partial charge in [-0.3, -0.25) is 4.79 Å². The summed E-state index contributed by atoms with van der Waals surface area (Å²) in [5.41, 5.74) is 5.21. The fourth-order valence-electron chi connectivity index (χ4n) is 0.722. The third kappa shape index (κ3) is 2.88. The van der Waals surface area contributed by atoms with Crippen molar-refractivity contribution in [3.63, 3.8) is 0 Å². The van der Waals surface area contributed by atoms with E-state index in [4.69, 9.17) is 5.73 Å². The van der Waals surface area contributed by atoms with E-state index in [1.165, 1.54) is 18.2 Å². The second-order valence-corrected chi connectivity index (χ2v) is 3.09. The molecule has 2 N–H and O–H groups in total. The number of nitrogens with two attached hydrogens (primary N) is 1. The van der Waals surface area contributed by atoms with Gasteiger partial charge in [-0.05, 0) is 34.1 Å². The van der Waals surface area contributed by atoms with Crippen LogP contribution in [-0.4, -0.2) is 5.91 Å². The Balaban J connectivity index is 3.09. The molecule has 1 aromatic rings. The second kappa shape index (κ2) is 4.06. The third-order valence-electron chi connectivity index (χ3n) is 1.25. The van der Waals surface area contributed by atoms with E-state index in [0.29, 0.717) is 10.0 Å². The van der Waals surface area contributed by atoms with Gasteiger partial charge in [-0.2, -0.15) is 0 Å². The van der Waals surface area contributed by atoms with E-state index in [2.05, 4.69) is 27.8 Å². The van der Waals surface area contributed by atoms with Crippen molar-refractivity contribution in [2.75, 3.05) is 0 Å². The molecule has 0 aliphatic heterocycles. The van der Waals surface area contributed by atoms with Gasteiger partial charge in [0, 0.05) is 16.0 Å². The first kappa shape index (κ1) is 9.75. The highest BCUT2D eigenvalue weighted by Crippen LogP contribution is 2.16. The molecular weight excluding hydrogens is 237 g/mol. The topological polar surface area (TPSA) is 43.1 Å². The zero-order valence-corrected chi connectivity index (χ0v) is 8.06. The van der Waals surface area contributed by atoms with E-state index >= 15 is 0 Å². The van der Waals surface area contributed by atoms with Crippen molar-refractivity contribution in [1.82, 2.24) is 0 Å². The maximum atomic E-state index is 12.7. The van der Waals surface area contributed by atoms with E-state index in [9.17, 15) is 9.18 Å². The first-order valence-corrected chi connectivity index (χ1v) is 4.15. The molecule has 1 amide bonds. The molecule has 0 unspecified atom stereocenters. The SMILES string of the molecule is NC(=O)C#Cc1cc(F)ccc1Br. The van der Waals surface area contributed by atoms with Crippen LogP contribution >= 0.6 is 15.9 Å². The van der Waals surface area contributed by atoms with E-state index in [1.54, 1.807) is 0 Å². The van der Waals surface area contributed by atoms with Crippen molar-refractivity contribution in [3.05, 3.63) is 34.1 Å². The van der Waals surface area contributed by atoms with Crippen molar-refractivity contribution in [2.24, 2.45) is 5.73 Å². The van der Waals surface area contributed by atoms with Crippen LogP contribution in [0.2, 0.25) is 0 Å². The molecule has 2 nitrogen and oxygen atoms in total. The van der Waals surface area contributed by atoms with Crippen molar-refractivity contribution in [1.29, 1.82) is 0 Å². The molecule has 0 bridgehead atoms. The molecule has 0 aliphatic carbocycles.